The summed E-state index contributed by atoms with van der Waals surface area (Å²) in [5.74, 6) is 5.83. The summed E-state index contributed by atoms with van der Waals surface area (Å²) in [5.41, 5.74) is 0. The first-order chi connectivity index (χ1) is 13.5. The van der Waals surface area contributed by atoms with E-state index < -0.39 is 12.4 Å². The third-order valence-electron chi connectivity index (χ3n) is 4.98. The molecule has 0 radical (unpaired) electrons. The molecule has 5 atom stereocenters. The highest BCUT2D eigenvalue weighted by atomic mass is 16.7. The van der Waals surface area contributed by atoms with E-state index >= 15 is 0 Å². The number of esters is 1. The van der Waals surface area contributed by atoms with Gasteiger partial charge in [-0.3, -0.25) is 4.79 Å². The van der Waals surface area contributed by atoms with Gasteiger partial charge in [-0.1, -0.05) is 45.5 Å². The summed E-state index contributed by atoms with van der Waals surface area (Å²) in [5, 5.41) is 0. The van der Waals surface area contributed by atoms with Crippen molar-refractivity contribution in [2.24, 2.45) is 11.8 Å². The highest BCUT2D eigenvalue weighted by Crippen LogP contribution is 2.25. The molecule has 1 heterocycles. The van der Waals surface area contributed by atoms with Crippen molar-refractivity contribution < 1.29 is 28.5 Å². The standard InChI is InChI=1S/C22H38O6/c1-7-9-14-26-19(22(24-5)25-6)16(3)12-11-13-18-20(27-15-10-8-2)17(4)21(23)28-18/h16-20,22H,7-10,12,14-15H2,1-6H3/t16-,17-,18-,19+,20-/m1/s1. The monoisotopic (exact) mass is 398 g/mol. The third kappa shape index (κ3) is 7.71. The van der Waals surface area contributed by atoms with Gasteiger partial charge in [0.25, 0.3) is 0 Å². The molecule has 0 bridgehead atoms. The van der Waals surface area contributed by atoms with Crippen LogP contribution in [0.3, 0.4) is 0 Å². The number of hydrogen-bond acceptors (Lipinski definition) is 6. The second-order valence-electron chi connectivity index (χ2n) is 7.37. The van der Waals surface area contributed by atoms with Gasteiger partial charge in [0.05, 0.1) is 5.92 Å². The molecule has 0 aromatic rings. The maximum Gasteiger partial charge on any atom is 0.312 e. The summed E-state index contributed by atoms with van der Waals surface area (Å²) in [4.78, 5) is 11.9. The first kappa shape index (κ1) is 24.9. The molecule has 1 saturated heterocycles. The van der Waals surface area contributed by atoms with Crippen LogP contribution < -0.4 is 0 Å². The Morgan fingerprint density at radius 2 is 1.75 bits per heavy atom. The van der Waals surface area contributed by atoms with Crippen molar-refractivity contribution in [3.05, 3.63) is 0 Å². The van der Waals surface area contributed by atoms with Gasteiger partial charge in [-0.15, -0.1) is 0 Å². The maximum atomic E-state index is 11.9. The zero-order valence-corrected chi connectivity index (χ0v) is 18.4. The van der Waals surface area contributed by atoms with Crippen molar-refractivity contribution in [1.82, 2.24) is 0 Å². The predicted molar refractivity (Wildman–Crippen MR) is 108 cm³/mol. The second kappa shape index (κ2) is 13.9. The lowest BCUT2D eigenvalue weighted by Gasteiger charge is -2.29. The van der Waals surface area contributed by atoms with Gasteiger partial charge in [0, 0.05) is 33.9 Å². The van der Waals surface area contributed by atoms with Crippen LogP contribution >= 0.6 is 0 Å². The Kier molecular flexibility index (Phi) is 12.4. The van der Waals surface area contributed by atoms with E-state index in [1.54, 1.807) is 14.2 Å². The second-order valence-corrected chi connectivity index (χ2v) is 7.37. The third-order valence-corrected chi connectivity index (χ3v) is 4.98. The molecule has 0 aromatic heterocycles. The van der Waals surface area contributed by atoms with Crippen molar-refractivity contribution in [3.8, 4) is 11.8 Å². The quantitative estimate of drug-likeness (QED) is 0.205. The minimum atomic E-state index is -0.508. The molecule has 6 heteroatoms. The molecule has 0 spiro atoms. The van der Waals surface area contributed by atoms with Crippen LogP contribution in [0.4, 0.5) is 0 Å². The molecule has 0 amide bonds. The molecule has 162 valence electrons. The number of methoxy groups -OCH3 is 2. The van der Waals surface area contributed by atoms with Crippen LogP contribution in [-0.4, -0.2) is 58.0 Å². The van der Waals surface area contributed by atoms with E-state index in [1.165, 1.54) is 0 Å². The Balaban J connectivity index is 2.70. The van der Waals surface area contributed by atoms with Gasteiger partial charge in [-0.25, -0.2) is 0 Å². The number of unbranched alkanes of at least 4 members (excludes halogenated alkanes) is 2. The van der Waals surface area contributed by atoms with E-state index in [1.807, 2.05) is 6.92 Å². The lowest BCUT2D eigenvalue weighted by molar-refractivity contribution is -0.194. The smallest absolute Gasteiger partial charge is 0.312 e. The zero-order chi connectivity index (χ0) is 20.9. The van der Waals surface area contributed by atoms with E-state index in [0.717, 1.165) is 25.7 Å². The lowest BCUT2D eigenvalue weighted by Crippen LogP contribution is -2.38. The first-order valence-electron chi connectivity index (χ1n) is 10.5. The van der Waals surface area contributed by atoms with Crippen LogP contribution in [0.5, 0.6) is 0 Å². The molecular weight excluding hydrogens is 360 g/mol. The fraction of sp³-hybridized carbons (Fsp3) is 0.864. The van der Waals surface area contributed by atoms with Crippen LogP contribution in [0.25, 0.3) is 0 Å². The van der Waals surface area contributed by atoms with Gasteiger partial charge < -0.3 is 23.7 Å². The Morgan fingerprint density at radius 1 is 1.11 bits per heavy atom. The van der Waals surface area contributed by atoms with E-state index in [2.05, 4.69) is 32.6 Å². The van der Waals surface area contributed by atoms with Gasteiger partial charge in [-0.05, 0) is 25.7 Å². The molecule has 0 aromatic carbocycles. The van der Waals surface area contributed by atoms with Crippen molar-refractivity contribution in [2.45, 2.75) is 84.4 Å². The van der Waals surface area contributed by atoms with Crippen molar-refractivity contribution in [1.29, 1.82) is 0 Å². The minimum absolute atomic E-state index is 0.100. The van der Waals surface area contributed by atoms with Crippen LogP contribution in [0, 0.1) is 23.7 Å². The Morgan fingerprint density at radius 3 is 2.36 bits per heavy atom. The van der Waals surface area contributed by atoms with Gasteiger partial charge in [0.15, 0.2) is 12.4 Å². The zero-order valence-electron chi connectivity index (χ0n) is 18.4. The van der Waals surface area contributed by atoms with Crippen molar-refractivity contribution >= 4 is 5.97 Å². The highest BCUT2D eigenvalue weighted by molar-refractivity contribution is 5.76. The molecule has 0 unspecified atom stereocenters. The van der Waals surface area contributed by atoms with Crippen LogP contribution in [0.2, 0.25) is 0 Å². The minimum Gasteiger partial charge on any atom is -0.446 e. The molecule has 1 aliphatic heterocycles. The Labute approximate surface area is 170 Å². The first-order valence-corrected chi connectivity index (χ1v) is 10.5. The van der Waals surface area contributed by atoms with Gasteiger partial charge in [0.2, 0.25) is 0 Å². The summed E-state index contributed by atoms with van der Waals surface area (Å²) in [7, 11) is 3.22. The normalized spacial score (nSPS) is 24.0. The summed E-state index contributed by atoms with van der Waals surface area (Å²) >= 11 is 0. The lowest BCUT2D eigenvalue weighted by atomic mass is 9.99. The SMILES string of the molecule is CCCCO[C@H]1[C@@H](C#CC[C@@H](C)[C@H](OCCCC)C(OC)OC)OC(=O)[C@@H]1C. The number of rotatable bonds is 13. The molecule has 1 aliphatic rings. The average Bonchev–Trinajstić information content (AvgIpc) is 2.95. The number of cyclic esters (lactones) is 1. The van der Waals surface area contributed by atoms with E-state index in [-0.39, 0.29) is 30.0 Å². The summed E-state index contributed by atoms with van der Waals surface area (Å²) in [6.07, 6.45) is 3.18. The summed E-state index contributed by atoms with van der Waals surface area (Å²) in [6.45, 7) is 9.41. The molecule has 1 fully saturated rings. The molecule has 6 nitrogen and oxygen atoms in total. The maximum absolute atomic E-state index is 11.9. The molecule has 28 heavy (non-hydrogen) atoms. The summed E-state index contributed by atoms with van der Waals surface area (Å²) in [6, 6.07) is 0. The fourth-order valence-corrected chi connectivity index (χ4v) is 3.08. The highest BCUT2D eigenvalue weighted by Gasteiger charge is 2.41. The predicted octanol–water partition coefficient (Wildman–Crippen LogP) is 3.57. The number of carbonyl (C=O) groups excluding carboxylic acids is 1. The molecule has 1 rings (SSSR count). The average molecular weight is 399 g/mol. The molecule has 0 saturated carbocycles. The van der Waals surface area contributed by atoms with E-state index in [0.29, 0.717) is 19.6 Å². The Hall–Kier alpha value is -1.13. The number of carbonyl (C=O) groups is 1. The van der Waals surface area contributed by atoms with Crippen LogP contribution in [0.15, 0.2) is 0 Å². The number of hydrogen-bond donors (Lipinski definition) is 0. The van der Waals surface area contributed by atoms with Gasteiger partial charge in [-0.2, -0.15) is 0 Å². The van der Waals surface area contributed by atoms with Gasteiger partial charge >= 0.3 is 5.97 Å². The Bertz CT molecular complexity index is 493. The van der Waals surface area contributed by atoms with Gasteiger partial charge in [0.1, 0.15) is 12.2 Å². The fourth-order valence-electron chi connectivity index (χ4n) is 3.08. The largest absolute Gasteiger partial charge is 0.446 e. The van der Waals surface area contributed by atoms with Crippen LogP contribution in [-0.2, 0) is 28.5 Å². The van der Waals surface area contributed by atoms with Crippen molar-refractivity contribution in [2.75, 3.05) is 27.4 Å². The topological polar surface area (TPSA) is 63.2 Å². The number of ether oxygens (including phenoxy) is 5. The molecule has 0 N–H and O–H groups in total. The van der Waals surface area contributed by atoms with E-state index in [4.69, 9.17) is 23.7 Å². The molecule has 0 aliphatic carbocycles. The van der Waals surface area contributed by atoms with Crippen LogP contribution in [0.1, 0.15) is 59.8 Å². The molecular formula is C22H38O6. The van der Waals surface area contributed by atoms with Crippen molar-refractivity contribution in [3.63, 3.8) is 0 Å². The van der Waals surface area contributed by atoms with E-state index in [9.17, 15) is 4.79 Å². The summed E-state index contributed by atoms with van der Waals surface area (Å²) < 4.78 is 28.1.